The fourth-order valence-electron chi connectivity index (χ4n) is 1.02. The van der Waals surface area contributed by atoms with Gasteiger partial charge in [0.05, 0.1) is 6.54 Å². The maximum atomic E-state index is 11.3. The summed E-state index contributed by atoms with van der Waals surface area (Å²) >= 11 is 0. The van der Waals surface area contributed by atoms with Crippen LogP contribution < -0.4 is 9.44 Å². The minimum atomic E-state index is -3.35. The second-order valence-electron chi connectivity index (χ2n) is 3.25. The third-order valence-corrected chi connectivity index (χ3v) is 3.05. The van der Waals surface area contributed by atoms with Crippen molar-refractivity contribution < 1.29 is 8.42 Å². The Labute approximate surface area is 82.3 Å². The fraction of sp³-hybridized carbons (Fsp3) is 0.571. The van der Waals surface area contributed by atoms with Crippen molar-refractivity contribution in [1.29, 1.82) is 0 Å². The Hall–Kier alpha value is -0.920. The average Bonchev–Trinajstić information content (AvgIpc) is 2.78. The minimum Gasteiger partial charge on any atom is -0.347 e. The van der Waals surface area contributed by atoms with E-state index in [1.54, 1.807) is 12.4 Å². The van der Waals surface area contributed by atoms with Gasteiger partial charge in [0.15, 0.2) is 0 Å². The molecule has 3 N–H and O–H groups in total. The molecule has 78 valence electrons. The summed E-state index contributed by atoms with van der Waals surface area (Å²) in [6.07, 6.45) is 5.10. The van der Waals surface area contributed by atoms with E-state index in [0.29, 0.717) is 5.82 Å². The molecular weight excluding hydrogens is 204 g/mol. The van der Waals surface area contributed by atoms with E-state index in [1.165, 1.54) is 0 Å². The van der Waals surface area contributed by atoms with Crippen molar-refractivity contribution in [3.05, 3.63) is 18.2 Å². The van der Waals surface area contributed by atoms with E-state index in [1.807, 2.05) is 0 Å². The molecule has 1 aromatic heterocycles. The van der Waals surface area contributed by atoms with Gasteiger partial charge in [-0.1, -0.05) is 0 Å². The molecule has 0 atom stereocenters. The summed E-state index contributed by atoms with van der Waals surface area (Å²) in [7, 11) is -3.35. The smallest absolute Gasteiger partial charge is 0.277 e. The quantitative estimate of drug-likeness (QED) is 0.620. The van der Waals surface area contributed by atoms with Gasteiger partial charge in [0.1, 0.15) is 5.82 Å². The van der Waals surface area contributed by atoms with Crippen molar-refractivity contribution in [2.75, 3.05) is 0 Å². The molecule has 1 heterocycles. The lowest BCUT2D eigenvalue weighted by molar-refractivity contribution is 0.564. The topological polar surface area (TPSA) is 86.9 Å². The van der Waals surface area contributed by atoms with Crippen LogP contribution in [0.1, 0.15) is 18.7 Å². The van der Waals surface area contributed by atoms with Crippen molar-refractivity contribution in [2.45, 2.75) is 25.4 Å². The van der Waals surface area contributed by atoms with Gasteiger partial charge < -0.3 is 4.98 Å². The zero-order valence-corrected chi connectivity index (χ0v) is 8.34. The van der Waals surface area contributed by atoms with Crippen LogP contribution in [0.2, 0.25) is 0 Å². The van der Waals surface area contributed by atoms with E-state index >= 15 is 0 Å². The van der Waals surface area contributed by atoms with Crippen molar-refractivity contribution in [3.8, 4) is 0 Å². The first kappa shape index (κ1) is 9.63. The number of rotatable bonds is 5. The monoisotopic (exact) mass is 216 g/mol. The van der Waals surface area contributed by atoms with E-state index in [2.05, 4.69) is 19.4 Å². The lowest BCUT2D eigenvalue weighted by atomic mass is 10.6. The van der Waals surface area contributed by atoms with Gasteiger partial charge in [-0.3, -0.25) is 0 Å². The molecule has 1 fully saturated rings. The highest BCUT2D eigenvalue weighted by molar-refractivity contribution is 7.87. The molecule has 1 aromatic rings. The summed E-state index contributed by atoms with van der Waals surface area (Å²) in [4.78, 5) is 6.72. The van der Waals surface area contributed by atoms with E-state index in [9.17, 15) is 8.42 Å². The summed E-state index contributed by atoms with van der Waals surface area (Å²) < 4.78 is 27.5. The van der Waals surface area contributed by atoms with Gasteiger partial charge in [0.2, 0.25) is 0 Å². The molecule has 0 unspecified atom stereocenters. The standard InChI is InChI=1S/C7H12N4O2S/c12-14(13,11-6-1-2-6)10-5-7-8-3-4-9-7/h3-4,6,10-11H,1-2,5H2,(H,8,9). The summed E-state index contributed by atoms with van der Waals surface area (Å²) in [6.45, 7) is 0.190. The Morgan fingerprint density at radius 3 is 2.93 bits per heavy atom. The first-order chi connectivity index (χ1) is 6.66. The molecule has 0 aliphatic heterocycles. The SMILES string of the molecule is O=S(=O)(NCc1ncc[nH]1)NC1CC1. The maximum absolute atomic E-state index is 11.3. The molecule has 0 spiro atoms. The van der Waals surface area contributed by atoms with E-state index in [0.717, 1.165) is 12.8 Å². The Kier molecular flexibility index (Phi) is 2.53. The molecule has 0 bridgehead atoms. The van der Waals surface area contributed by atoms with Crippen LogP contribution in [0, 0.1) is 0 Å². The van der Waals surface area contributed by atoms with Gasteiger partial charge >= 0.3 is 0 Å². The minimum absolute atomic E-state index is 0.129. The highest BCUT2D eigenvalue weighted by Gasteiger charge is 2.26. The zero-order chi connectivity index (χ0) is 10.0. The molecule has 2 rings (SSSR count). The number of aromatic amines is 1. The molecule has 1 aliphatic carbocycles. The second-order valence-corrected chi connectivity index (χ2v) is 4.78. The first-order valence-electron chi connectivity index (χ1n) is 4.41. The lowest BCUT2D eigenvalue weighted by Gasteiger charge is -2.05. The van der Waals surface area contributed by atoms with Gasteiger partial charge in [-0.25, -0.2) is 4.98 Å². The van der Waals surface area contributed by atoms with Gasteiger partial charge in [-0.2, -0.15) is 17.9 Å². The van der Waals surface area contributed by atoms with Crippen LogP contribution in [0.25, 0.3) is 0 Å². The number of imidazole rings is 1. The number of hydrogen-bond acceptors (Lipinski definition) is 3. The molecule has 0 amide bonds. The van der Waals surface area contributed by atoms with Crippen molar-refractivity contribution >= 4 is 10.2 Å². The zero-order valence-electron chi connectivity index (χ0n) is 7.53. The molecule has 1 saturated carbocycles. The van der Waals surface area contributed by atoms with Crippen LogP contribution in [0.4, 0.5) is 0 Å². The molecule has 1 aliphatic rings. The number of nitrogens with zero attached hydrogens (tertiary/aromatic N) is 1. The number of H-pyrrole nitrogens is 1. The number of aromatic nitrogens is 2. The van der Waals surface area contributed by atoms with E-state index in [4.69, 9.17) is 0 Å². The lowest BCUT2D eigenvalue weighted by Crippen LogP contribution is -2.37. The van der Waals surface area contributed by atoms with Gasteiger partial charge in [-0.15, -0.1) is 0 Å². The molecule has 0 radical (unpaired) electrons. The molecule has 7 heteroatoms. The molecule has 0 saturated heterocycles. The fourth-order valence-corrected chi connectivity index (χ4v) is 2.10. The summed E-state index contributed by atoms with van der Waals surface area (Å²) in [5.41, 5.74) is 0. The predicted octanol–water partition coefficient (Wildman–Crippen LogP) is -0.504. The van der Waals surface area contributed by atoms with E-state index < -0.39 is 10.2 Å². The van der Waals surface area contributed by atoms with Crippen molar-refractivity contribution in [2.24, 2.45) is 0 Å². The van der Waals surface area contributed by atoms with Gasteiger partial charge in [0, 0.05) is 18.4 Å². The third-order valence-electron chi connectivity index (χ3n) is 1.88. The van der Waals surface area contributed by atoms with Crippen LogP contribution in [0.15, 0.2) is 12.4 Å². The predicted molar refractivity (Wildman–Crippen MR) is 50.5 cm³/mol. The molecule has 14 heavy (non-hydrogen) atoms. The molecular formula is C7H12N4O2S. The van der Waals surface area contributed by atoms with Crippen LogP contribution in [0.3, 0.4) is 0 Å². The Morgan fingerprint density at radius 2 is 2.36 bits per heavy atom. The van der Waals surface area contributed by atoms with Crippen LogP contribution in [-0.2, 0) is 16.8 Å². The van der Waals surface area contributed by atoms with E-state index in [-0.39, 0.29) is 12.6 Å². The van der Waals surface area contributed by atoms with Crippen molar-refractivity contribution in [3.63, 3.8) is 0 Å². The van der Waals surface area contributed by atoms with Gasteiger partial charge in [0.25, 0.3) is 10.2 Å². The Morgan fingerprint density at radius 1 is 1.57 bits per heavy atom. The summed E-state index contributed by atoms with van der Waals surface area (Å²) in [5.74, 6) is 0.603. The Balaban J connectivity index is 1.84. The average molecular weight is 216 g/mol. The molecule has 0 aromatic carbocycles. The Bertz CT molecular complexity index is 382. The number of nitrogens with one attached hydrogen (secondary N) is 3. The highest BCUT2D eigenvalue weighted by Crippen LogP contribution is 2.19. The number of hydrogen-bond donors (Lipinski definition) is 3. The normalized spacial score (nSPS) is 17.1. The first-order valence-corrected chi connectivity index (χ1v) is 5.89. The summed E-state index contributed by atoms with van der Waals surface area (Å²) in [5, 5.41) is 0. The maximum Gasteiger partial charge on any atom is 0.277 e. The van der Waals surface area contributed by atoms with Crippen LogP contribution >= 0.6 is 0 Å². The van der Waals surface area contributed by atoms with Crippen LogP contribution in [-0.4, -0.2) is 24.4 Å². The van der Waals surface area contributed by atoms with Crippen molar-refractivity contribution in [1.82, 2.24) is 19.4 Å². The van der Waals surface area contributed by atoms with Gasteiger partial charge in [-0.05, 0) is 12.8 Å². The summed E-state index contributed by atoms with van der Waals surface area (Å²) in [6, 6.07) is 0.129. The molecule has 6 nitrogen and oxygen atoms in total. The third kappa shape index (κ3) is 2.79. The second kappa shape index (κ2) is 3.68. The largest absolute Gasteiger partial charge is 0.347 e. The van der Waals surface area contributed by atoms with Crippen LogP contribution in [0.5, 0.6) is 0 Å². The highest BCUT2D eigenvalue weighted by atomic mass is 32.2.